The van der Waals surface area contributed by atoms with E-state index in [9.17, 15) is 9.59 Å². The van der Waals surface area contributed by atoms with E-state index in [0.29, 0.717) is 19.4 Å². The molecule has 3 aromatic rings. The lowest BCUT2D eigenvalue weighted by atomic mass is 10.0. The number of thiol groups is 1. The van der Waals surface area contributed by atoms with E-state index in [1.165, 1.54) is 16.7 Å². The molecule has 2 amide bonds. The Bertz CT molecular complexity index is 1260. The fourth-order valence-electron chi connectivity index (χ4n) is 5.13. The van der Waals surface area contributed by atoms with Crippen LogP contribution in [-0.4, -0.2) is 63.8 Å². The molecular formula is C24H26N6O2S2. The Morgan fingerprint density at radius 2 is 2.00 bits per heavy atom. The Balaban J connectivity index is 1.09. The van der Waals surface area contributed by atoms with Gasteiger partial charge in [-0.05, 0) is 34.6 Å². The highest BCUT2D eigenvalue weighted by atomic mass is 32.1. The summed E-state index contributed by atoms with van der Waals surface area (Å²) in [6, 6.07) is 8.34. The Morgan fingerprint density at radius 1 is 1.15 bits per heavy atom. The number of nitrogens with zero attached hydrogens (tertiary/aromatic N) is 5. The molecule has 2 unspecified atom stereocenters. The number of imide groups is 1. The highest BCUT2D eigenvalue weighted by Crippen LogP contribution is 2.39. The number of piperazine rings is 1. The summed E-state index contributed by atoms with van der Waals surface area (Å²) in [5.74, 6) is 0.427. The summed E-state index contributed by atoms with van der Waals surface area (Å²) < 4.78 is 0. The van der Waals surface area contributed by atoms with Crippen LogP contribution >= 0.6 is 24.0 Å². The SMILES string of the molecule is O=C1CCC(N2Cc3ccc(CN4CCN(c5ncc6ccsc6n5)CC4)cc3C2S)C(=O)N1. The van der Waals surface area contributed by atoms with Gasteiger partial charge in [0, 0.05) is 57.3 Å². The number of anilines is 1. The van der Waals surface area contributed by atoms with Gasteiger partial charge in [-0.1, -0.05) is 18.2 Å². The molecule has 3 aliphatic heterocycles. The van der Waals surface area contributed by atoms with E-state index in [1.54, 1.807) is 11.3 Å². The van der Waals surface area contributed by atoms with Crippen molar-refractivity contribution in [2.45, 2.75) is 37.3 Å². The molecule has 8 nitrogen and oxygen atoms in total. The quantitative estimate of drug-likeness (QED) is 0.426. The number of carbonyl (C=O) groups excluding carboxylic acids is 2. The molecule has 3 aliphatic rings. The fraction of sp³-hybridized carbons (Fsp3) is 0.417. The van der Waals surface area contributed by atoms with Crippen molar-refractivity contribution in [1.29, 1.82) is 0 Å². The van der Waals surface area contributed by atoms with Crippen molar-refractivity contribution in [3.63, 3.8) is 0 Å². The van der Waals surface area contributed by atoms with Gasteiger partial charge in [-0.15, -0.1) is 11.3 Å². The van der Waals surface area contributed by atoms with Crippen molar-refractivity contribution in [3.8, 4) is 0 Å². The Labute approximate surface area is 207 Å². The number of amides is 2. The predicted octanol–water partition coefficient (Wildman–Crippen LogP) is 2.56. The Morgan fingerprint density at radius 3 is 2.82 bits per heavy atom. The first-order chi connectivity index (χ1) is 16.5. The highest BCUT2D eigenvalue weighted by molar-refractivity contribution is 7.80. The van der Waals surface area contributed by atoms with Gasteiger partial charge in [-0.2, -0.15) is 12.6 Å². The molecule has 1 aromatic carbocycles. The van der Waals surface area contributed by atoms with Crippen molar-refractivity contribution in [2.24, 2.45) is 0 Å². The second-order valence-electron chi connectivity index (χ2n) is 9.16. The molecule has 2 fully saturated rings. The first-order valence-electron chi connectivity index (χ1n) is 11.6. The standard InChI is InChI=1S/C24H26N6O2S2/c31-20-4-3-19(21(32)26-20)30-14-17-2-1-15(11-18(17)23(30)33)13-28-6-8-29(9-7-28)24-25-12-16-5-10-34-22(16)27-24/h1-2,5,10-12,19,23,33H,3-4,6-9,13-14H2,(H,26,31,32). The van der Waals surface area contributed by atoms with Gasteiger partial charge >= 0.3 is 0 Å². The van der Waals surface area contributed by atoms with Crippen LogP contribution in [0.25, 0.3) is 10.2 Å². The van der Waals surface area contributed by atoms with E-state index in [1.807, 2.05) is 6.20 Å². The van der Waals surface area contributed by atoms with Gasteiger partial charge in [0.25, 0.3) is 0 Å². The molecule has 34 heavy (non-hydrogen) atoms. The minimum Gasteiger partial charge on any atom is -0.338 e. The molecule has 2 atom stereocenters. The van der Waals surface area contributed by atoms with Gasteiger partial charge in [0.05, 0.1) is 11.4 Å². The van der Waals surface area contributed by atoms with Crippen molar-refractivity contribution in [3.05, 3.63) is 52.5 Å². The number of carbonyl (C=O) groups is 2. The monoisotopic (exact) mass is 494 g/mol. The van der Waals surface area contributed by atoms with Gasteiger partial charge in [-0.25, -0.2) is 9.97 Å². The topological polar surface area (TPSA) is 81.7 Å². The first-order valence-corrected chi connectivity index (χ1v) is 13.0. The summed E-state index contributed by atoms with van der Waals surface area (Å²) in [7, 11) is 0. The lowest BCUT2D eigenvalue weighted by Crippen LogP contribution is -2.51. The van der Waals surface area contributed by atoms with E-state index in [2.05, 4.69) is 54.6 Å². The van der Waals surface area contributed by atoms with Crippen LogP contribution in [0.5, 0.6) is 0 Å². The number of piperidine rings is 1. The van der Waals surface area contributed by atoms with Crippen LogP contribution in [0.3, 0.4) is 0 Å². The molecule has 2 aromatic heterocycles. The molecule has 5 heterocycles. The Kier molecular flexibility index (Phi) is 5.76. The second kappa shape index (κ2) is 8.92. The largest absolute Gasteiger partial charge is 0.338 e. The smallest absolute Gasteiger partial charge is 0.243 e. The number of rotatable bonds is 4. The Hall–Kier alpha value is -2.53. The van der Waals surface area contributed by atoms with E-state index in [-0.39, 0.29) is 23.2 Å². The third-order valence-corrected chi connectivity index (χ3v) is 8.42. The van der Waals surface area contributed by atoms with E-state index in [4.69, 9.17) is 17.6 Å². The molecule has 1 N–H and O–H groups in total. The molecule has 10 heteroatoms. The maximum Gasteiger partial charge on any atom is 0.243 e. The maximum atomic E-state index is 12.4. The van der Waals surface area contributed by atoms with E-state index >= 15 is 0 Å². The molecular weight excluding hydrogens is 468 g/mol. The van der Waals surface area contributed by atoms with Crippen LogP contribution in [0, 0.1) is 0 Å². The summed E-state index contributed by atoms with van der Waals surface area (Å²) in [5.41, 5.74) is 3.63. The molecule has 0 bridgehead atoms. The summed E-state index contributed by atoms with van der Waals surface area (Å²) in [4.78, 5) is 41.0. The third-order valence-electron chi connectivity index (χ3n) is 7.02. The lowest BCUT2D eigenvalue weighted by molar-refractivity contribution is -0.137. The van der Waals surface area contributed by atoms with Gasteiger partial charge in [0.15, 0.2) is 0 Å². The number of thiophene rings is 1. The fourth-order valence-corrected chi connectivity index (χ4v) is 6.35. The van der Waals surface area contributed by atoms with Gasteiger partial charge in [0.1, 0.15) is 4.83 Å². The van der Waals surface area contributed by atoms with E-state index < -0.39 is 0 Å². The van der Waals surface area contributed by atoms with Gasteiger partial charge in [-0.3, -0.25) is 24.7 Å². The van der Waals surface area contributed by atoms with Crippen LogP contribution in [0.15, 0.2) is 35.8 Å². The van der Waals surface area contributed by atoms with Gasteiger partial charge < -0.3 is 4.90 Å². The molecule has 2 saturated heterocycles. The van der Waals surface area contributed by atoms with Crippen LogP contribution < -0.4 is 10.2 Å². The van der Waals surface area contributed by atoms with Crippen LogP contribution in [0.1, 0.15) is 34.9 Å². The third kappa shape index (κ3) is 4.08. The van der Waals surface area contributed by atoms with Crippen molar-refractivity contribution in [1.82, 2.24) is 25.1 Å². The normalized spacial score (nSPS) is 24.0. The number of benzene rings is 1. The number of hydrogen-bond donors (Lipinski definition) is 2. The number of hydrogen-bond acceptors (Lipinski definition) is 9. The molecule has 0 aliphatic carbocycles. The average Bonchev–Trinajstić information content (AvgIpc) is 3.44. The predicted molar refractivity (Wildman–Crippen MR) is 135 cm³/mol. The lowest BCUT2D eigenvalue weighted by Gasteiger charge is -2.34. The minimum atomic E-state index is -0.306. The number of nitrogens with one attached hydrogen (secondary N) is 1. The molecule has 0 saturated carbocycles. The van der Waals surface area contributed by atoms with Crippen molar-refractivity contribution >= 4 is 51.9 Å². The zero-order chi connectivity index (χ0) is 23.2. The van der Waals surface area contributed by atoms with Crippen LogP contribution in [-0.2, 0) is 22.7 Å². The molecule has 6 rings (SSSR count). The number of aromatic nitrogens is 2. The molecule has 0 spiro atoms. The van der Waals surface area contributed by atoms with Gasteiger partial charge in [0.2, 0.25) is 17.8 Å². The van der Waals surface area contributed by atoms with Crippen molar-refractivity contribution in [2.75, 3.05) is 31.1 Å². The van der Waals surface area contributed by atoms with Crippen molar-refractivity contribution < 1.29 is 9.59 Å². The average molecular weight is 495 g/mol. The number of fused-ring (bicyclic) bond motifs is 2. The zero-order valence-electron chi connectivity index (χ0n) is 18.7. The zero-order valence-corrected chi connectivity index (χ0v) is 20.4. The summed E-state index contributed by atoms with van der Waals surface area (Å²) in [5, 5.41) is 5.48. The van der Waals surface area contributed by atoms with Crippen LogP contribution in [0.4, 0.5) is 5.95 Å². The van der Waals surface area contributed by atoms with Crippen LogP contribution in [0.2, 0.25) is 0 Å². The molecule has 0 radical (unpaired) electrons. The van der Waals surface area contributed by atoms with E-state index in [0.717, 1.165) is 48.9 Å². The highest BCUT2D eigenvalue weighted by Gasteiger charge is 2.39. The summed E-state index contributed by atoms with van der Waals surface area (Å²) in [6.45, 7) is 5.28. The minimum absolute atomic E-state index is 0.139. The molecule has 176 valence electrons. The summed E-state index contributed by atoms with van der Waals surface area (Å²) >= 11 is 6.51. The summed E-state index contributed by atoms with van der Waals surface area (Å²) in [6.07, 6.45) is 2.85. The first kappa shape index (κ1) is 22.0. The second-order valence-corrected chi connectivity index (χ2v) is 10.5. The maximum absolute atomic E-state index is 12.4.